The summed E-state index contributed by atoms with van der Waals surface area (Å²) in [5.41, 5.74) is 4.13. The van der Waals surface area contributed by atoms with Gasteiger partial charge >= 0.3 is 0 Å². The van der Waals surface area contributed by atoms with E-state index in [9.17, 15) is 8.42 Å². The van der Waals surface area contributed by atoms with E-state index in [2.05, 4.69) is 10.6 Å². The van der Waals surface area contributed by atoms with Crippen molar-refractivity contribution < 1.29 is 8.42 Å². The molecule has 126 valence electrons. The van der Waals surface area contributed by atoms with Crippen LogP contribution >= 0.6 is 0 Å². The van der Waals surface area contributed by atoms with Gasteiger partial charge in [0.2, 0.25) is 10.0 Å². The number of sulfonamides is 1. The quantitative estimate of drug-likeness (QED) is 0.854. The average Bonchev–Trinajstić information content (AvgIpc) is 2.51. The monoisotopic (exact) mass is 333 g/mol. The normalized spacial score (nSPS) is 17.7. The van der Waals surface area contributed by atoms with Gasteiger partial charge in [0, 0.05) is 0 Å². The van der Waals surface area contributed by atoms with Gasteiger partial charge in [-0.25, -0.2) is 8.42 Å². The van der Waals surface area contributed by atoms with Crippen LogP contribution in [-0.4, -0.2) is 14.0 Å². The van der Waals surface area contributed by atoms with Gasteiger partial charge in [0.25, 0.3) is 0 Å². The van der Waals surface area contributed by atoms with Gasteiger partial charge < -0.3 is 0 Å². The van der Waals surface area contributed by atoms with E-state index in [4.69, 9.17) is 6.42 Å². The molecule has 0 amide bonds. The summed E-state index contributed by atoms with van der Waals surface area (Å²) in [7, 11) is -3.65. The largest absolute Gasteiger partial charge is 0.242 e. The van der Waals surface area contributed by atoms with Crippen LogP contribution in [0.2, 0.25) is 0 Å². The Labute approximate surface area is 140 Å². The maximum absolute atomic E-state index is 13.1. The Bertz CT molecular complexity index is 735. The highest BCUT2D eigenvalue weighted by molar-refractivity contribution is 7.89. The number of nitrogens with one attached hydrogen (secondary N) is 1. The molecule has 1 fully saturated rings. The van der Waals surface area contributed by atoms with Gasteiger partial charge in [-0.05, 0) is 75.3 Å². The van der Waals surface area contributed by atoms with Crippen LogP contribution in [0.4, 0.5) is 0 Å². The highest BCUT2D eigenvalue weighted by Gasteiger charge is 2.36. The number of terminal acetylenes is 1. The van der Waals surface area contributed by atoms with E-state index in [1.54, 1.807) is 0 Å². The fourth-order valence-corrected chi connectivity index (χ4v) is 5.60. The fourth-order valence-electron chi connectivity index (χ4n) is 3.61. The van der Waals surface area contributed by atoms with Gasteiger partial charge in [-0.1, -0.05) is 25.2 Å². The average molecular weight is 333 g/mol. The third kappa shape index (κ3) is 3.18. The highest BCUT2D eigenvalue weighted by atomic mass is 32.2. The minimum absolute atomic E-state index is 0.401. The second-order valence-corrected chi connectivity index (χ2v) is 8.47. The van der Waals surface area contributed by atoms with E-state index in [-0.39, 0.29) is 0 Å². The third-order valence-corrected chi connectivity index (χ3v) is 7.32. The maximum Gasteiger partial charge on any atom is 0.242 e. The van der Waals surface area contributed by atoms with Crippen LogP contribution in [0.5, 0.6) is 0 Å². The Morgan fingerprint density at radius 1 is 0.870 bits per heavy atom. The summed E-state index contributed by atoms with van der Waals surface area (Å²) in [6.45, 7) is 9.76. The van der Waals surface area contributed by atoms with Gasteiger partial charge in [-0.2, -0.15) is 4.72 Å². The summed E-state index contributed by atoms with van der Waals surface area (Å²) in [5.74, 6) is 2.73. The van der Waals surface area contributed by atoms with Crippen LogP contribution < -0.4 is 4.72 Å². The molecule has 0 bridgehead atoms. The van der Waals surface area contributed by atoms with Crippen molar-refractivity contribution in [3.63, 3.8) is 0 Å². The molecule has 3 nitrogen and oxygen atoms in total. The van der Waals surface area contributed by atoms with Crippen LogP contribution in [0.1, 0.15) is 59.9 Å². The molecule has 1 N–H and O–H groups in total. The summed E-state index contributed by atoms with van der Waals surface area (Å²) >= 11 is 0. The standard InChI is InChI=1S/C19H27NO2S/c1-7-19(11-9-8-10-12-19)20-23(21,22)18-16(5)14(3)13(2)15(4)17(18)6/h1,20H,8-12H2,2-6H3. The summed E-state index contributed by atoms with van der Waals surface area (Å²) in [5, 5.41) is 0. The predicted molar refractivity (Wildman–Crippen MR) is 95.1 cm³/mol. The van der Waals surface area contributed by atoms with E-state index in [0.29, 0.717) is 17.7 Å². The van der Waals surface area contributed by atoms with Crippen molar-refractivity contribution in [2.45, 2.75) is 77.2 Å². The summed E-state index contributed by atoms with van der Waals surface area (Å²) in [4.78, 5) is 0.401. The highest BCUT2D eigenvalue weighted by Crippen LogP contribution is 2.33. The zero-order chi connectivity index (χ0) is 17.4. The van der Waals surface area contributed by atoms with E-state index in [1.165, 1.54) is 0 Å². The molecule has 0 radical (unpaired) electrons. The van der Waals surface area contributed by atoms with Crippen LogP contribution in [0.15, 0.2) is 4.90 Å². The molecule has 0 spiro atoms. The smallest absolute Gasteiger partial charge is 0.207 e. The van der Waals surface area contributed by atoms with Crippen molar-refractivity contribution >= 4 is 10.0 Å². The van der Waals surface area contributed by atoms with Crippen LogP contribution in [0, 0.1) is 47.0 Å². The first-order chi connectivity index (χ1) is 10.7. The molecule has 0 aromatic heterocycles. The first-order valence-electron chi connectivity index (χ1n) is 8.24. The molecule has 1 saturated carbocycles. The molecule has 0 unspecified atom stereocenters. The van der Waals surface area contributed by atoms with Crippen LogP contribution in [0.3, 0.4) is 0 Å². The van der Waals surface area contributed by atoms with E-state index in [1.807, 2.05) is 34.6 Å². The van der Waals surface area contributed by atoms with E-state index in [0.717, 1.165) is 47.1 Å². The van der Waals surface area contributed by atoms with Crippen molar-refractivity contribution in [1.29, 1.82) is 0 Å². The molecule has 0 aliphatic heterocycles. The number of benzene rings is 1. The van der Waals surface area contributed by atoms with Crippen LogP contribution in [0.25, 0.3) is 0 Å². The topological polar surface area (TPSA) is 46.2 Å². The molecule has 0 heterocycles. The lowest BCUT2D eigenvalue weighted by Gasteiger charge is -2.33. The van der Waals surface area contributed by atoms with E-state index < -0.39 is 15.6 Å². The molecule has 0 atom stereocenters. The lowest BCUT2D eigenvalue weighted by Crippen LogP contribution is -2.48. The van der Waals surface area contributed by atoms with Crippen molar-refractivity contribution in [2.24, 2.45) is 0 Å². The summed E-state index contributed by atoms with van der Waals surface area (Å²) in [6, 6.07) is 0. The number of rotatable bonds is 3. The Balaban J connectivity index is 2.55. The third-order valence-electron chi connectivity index (χ3n) is 5.51. The molecular weight excluding hydrogens is 306 g/mol. The molecule has 1 aromatic carbocycles. The van der Waals surface area contributed by atoms with Crippen molar-refractivity contribution in [3.05, 3.63) is 27.8 Å². The first kappa shape index (κ1) is 18.0. The Morgan fingerprint density at radius 2 is 1.30 bits per heavy atom. The predicted octanol–water partition coefficient (Wildman–Crippen LogP) is 3.84. The SMILES string of the molecule is C#CC1(NS(=O)(=O)c2c(C)c(C)c(C)c(C)c2C)CCCCC1. The molecule has 1 aromatic rings. The molecule has 0 saturated heterocycles. The van der Waals surface area contributed by atoms with Gasteiger partial charge in [0.05, 0.1) is 10.4 Å². The van der Waals surface area contributed by atoms with Gasteiger partial charge in [-0.15, -0.1) is 6.42 Å². The summed E-state index contributed by atoms with van der Waals surface area (Å²) in [6.07, 6.45) is 10.2. The Kier molecular flexibility index (Phi) is 4.94. The number of hydrogen-bond donors (Lipinski definition) is 1. The summed E-state index contributed by atoms with van der Waals surface area (Å²) < 4.78 is 29.1. The van der Waals surface area contributed by atoms with Crippen molar-refractivity contribution in [2.75, 3.05) is 0 Å². The lowest BCUT2D eigenvalue weighted by molar-refractivity contribution is 0.341. The lowest BCUT2D eigenvalue weighted by atomic mass is 9.83. The minimum Gasteiger partial charge on any atom is -0.207 e. The van der Waals surface area contributed by atoms with Gasteiger partial charge in [0.15, 0.2) is 0 Å². The van der Waals surface area contributed by atoms with Gasteiger partial charge in [0.1, 0.15) is 0 Å². The molecule has 2 rings (SSSR count). The molecule has 23 heavy (non-hydrogen) atoms. The molecule has 1 aliphatic rings. The zero-order valence-corrected chi connectivity index (χ0v) is 15.7. The van der Waals surface area contributed by atoms with Crippen molar-refractivity contribution in [1.82, 2.24) is 4.72 Å². The first-order valence-corrected chi connectivity index (χ1v) is 9.72. The van der Waals surface area contributed by atoms with E-state index >= 15 is 0 Å². The van der Waals surface area contributed by atoms with Crippen LogP contribution in [-0.2, 0) is 10.0 Å². The molecule has 4 heteroatoms. The minimum atomic E-state index is -3.65. The van der Waals surface area contributed by atoms with Crippen molar-refractivity contribution in [3.8, 4) is 12.3 Å². The maximum atomic E-state index is 13.1. The Hall–Kier alpha value is -1.31. The molecule has 1 aliphatic carbocycles. The fraction of sp³-hybridized carbons (Fsp3) is 0.579. The Morgan fingerprint density at radius 3 is 1.74 bits per heavy atom. The second-order valence-electron chi connectivity index (χ2n) is 6.85. The van der Waals surface area contributed by atoms with Gasteiger partial charge in [-0.3, -0.25) is 0 Å². The zero-order valence-electron chi connectivity index (χ0n) is 14.8. The molecular formula is C19H27NO2S. The number of hydrogen-bond acceptors (Lipinski definition) is 2. The second kappa shape index (κ2) is 6.30.